The Labute approximate surface area is 212 Å². The number of halogens is 3. The molecule has 0 aliphatic carbocycles. The second-order valence-electron chi connectivity index (χ2n) is 9.07. The lowest BCUT2D eigenvalue weighted by molar-refractivity contribution is -0.152. The van der Waals surface area contributed by atoms with Crippen molar-refractivity contribution in [1.29, 1.82) is 0 Å². The highest BCUT2D eigenvalue weighted by atomic mass is 32.1. The van der Waals surface area contributed by atoms with Gasteiger partial charge in [0.05, 0.1) is 17.8 Å². The first-order valence-electron chi connectivity index (χ1n) is 11.3. The Morgan fingerprint density at radius 2 is 1.81 bits per heavy atom. The number of anilines is 1. The van der Waals surface area contributed by atoms with Crippen LogP contribution >= 0.6 is 11.3 Å². The minimum atomic E-state index is -4.37. The second-order valence-corrected chi connectivity index (χ2v) is 9.91. The molecule has 3 rings (SSSR count). The SMILES string of the molecule is Cc1cc(OCCN(c2nc(-c3ccc(C(F)(F)F)cc3)cs2)C(C)C)ccc1OC(C)(C)C(=O)O. The van der Waals surface area contributed by atoms with E-state index in [0.717, 1.165) is 22.8 Å². The van der Waals surface area contributed by atoms with Crippen LogP contribution in [0.2, 0.25) is 0 Å². The molecule has 36 heavy (non-hydrogen) atoms. The van der Waals surface area contributed by atoms with E-state index in [2.05, 4.69) is 9.88 Å². The molecule has 2 aromatic carbocycles. The van der Waals surface area contributed by atoms with E-state index in [1.807, 2.05) is 26.2 Å². The summed E-state index contributed by atoms with van der Waals surface area (Å²) in [7, 11) is 0. The fourth-order valence-electron chi connectivity index (χ4n) is 3.34. The number of benzene rings is 2. The van der Waals surface area contributed by atoms with Crippen molar-refractivity contribution in [2.45, 2.75) is 52.4 Å². The minimum Gasteiger partial charge on any atom is -0.492 e. The fraction of sp³-hybridized carbons (Fsp3) is 0.385. The van der Waals surface area contributed by atoms with Gasteiger partial charge >= 0.3 is 12.1 Å². The van der Waals surface area contributed by atoms with Crippen LogP contribution in [0.15, 0.2) is 47.8 Å². The number of rotatable bonds is 10. The number of ether oxygens (including phenoxy) is 2. The van der Waals surface area contributed by atoms with Gasteiger partial charge in [0.2, 0.25) is 0 Å². The molecule has 0 atom stereocenters. The van der Waals surface area contributed by atoms with E-state index in [9.17, 15) is 23.1 Å². The monoisotopic (exact) mass is 522 g/mol. The number of hydrogen-bond acceptors (Lipinski definition) is 6. The van der Waals surface area contributed by atoms with E-state index >= 15 is 0 Å². The van der Waals surface area contributed by atoms with Crippen LogP contribution in [0.5, 0.6) is 11.5 Å². The van der Waals surface area contributed by atoms with Crippen LogP contribution in [-0.4, -0.2) is 40.9 Å². The third-order valence-electron chi connectivity index (χ3n) is 5.50. The van der Waals surface area contributed by atoms with Gasteiger partial charge in [-0.05, 0) is 70.5 Å². The Balaban J connectivity index is 1.64. The van der Waals surface area contributed by atoms with Crippen molar-refractivity contribution in [2.75, 3.05) is 18.1 Å². The standard InChI is InChI=1S/C26H29F3N2O4S/c1-16(2)31(24-30-21(15-36-24)18-6-8-19(9-7-18)26(27,28)29)12-13-34-20-10-11-22(17(3)14-20)35-25(4,5)23(32)33/h6-11,14-16H,12-13H2,1-5H3,(H,32,33). The molecule has 0 unspecified atom stereocenters. The maximum Gasteiger partial charge on any atom is 0.416 e. The van der Waals surface area contributed by atoms with Crippen LogP contribution in [0.1, 0.15) is 38.8 Å². The Morgan fingerprint density at radius 1 is 1.14 bits per heavy atom. The number of carbonyl (C=O) groups is 1. The summed E-state index contributed by atoms with van der Waals surface area (Å²) in [5.41, 5.74) is -0.0514. The first kappa shape index (κ1) is 27.3. The minimum absolute atomic E-state index is 0.121. The highest BCUT2D eigenvalue weighted by molar-refractivity contribution is 7.14. The zero-order valence-corrected chi connectivity index (χ0v) is 21.5. The molecule has 6 nitrogen and oxygen atoms in total. The molecule has 10 heteroatoms. The van der Waals surface area contributed by atoms with Crippen LogP contribution in [-0.2, 0) is 11.0 Å². The van der Waals surface area contributed by atoms with Crippen molar-refractivity contribution in [3.8, 4) is 22.8 Å². The summed E-state index contributed by atoms with van der Waals surface area (Å²) in [5, 5.41) is 11.8. The van der Waals surface area contributed by atoms with Crippen LogP contribution < -0.4 is 14.4 Å². The van der Waals surface area contributed by atoms with Gasteiger partial charge in [-0.25, -0.2) is 9.78 Å². The van der Waals surface area contributed by atoms with Crippen LogP contribution in [0.25, 0.3) is 11.3 Å². The van der Waals surface area contributed by atoms with Gasteiger partial charge in [-0.1, -0.05) is 12.1 Å². The van der Waals surface area contributed by atoms with E-state index < -0.39 is 23.3 Å². The molecule has 0 amide bonds. The van der Waals surface area contributed by atoms with Crippen molar-refractivity contribution in [3.05, 3.63) is 59.0 Å². The van der Waals surface area contributed by atoms with E-state index in [0.29, 0.717) is 35.9 Å². The molecule has 0 aliphatic heterocycles. The van der Waals surface area contributed by atoms with Gasteiger partial charge in [0.25, 0.3) is 0 Å². The Bertz CT molecular complexity index is 1190. The molecule has 194 valence electrons. The zero-order valence-electron chi connectivity index (χ0n) is 20.7. The number of aryl methyl sites for hydroxylation is 1. The number of carboxylic acid groups (broad SMARTS) is 1. The normalized spacial score (nSPS) is 12.0. The Kier molecular flexibility index (Phi) is 8.18. The molecule has 0 bridgehead atoms. The van der Waals surface area contributed by atoms with Crippen molar-refractivity contribution in [1.82, 2.24) is 4.98 Å². The molecular formula is C26H29F3N2O4S. The predicted octanol–water partition coefficient (Wildman–Crippen LogP) is 6.67. The lowest BCUT2D eigenvalue weighted by Crippen LogP contribution is -2.38. The summed E-state index contributed by atoms with van der Waals surface area (Å²) in [6.07, 6.45) is -4.37. The van der Waals surface area contributed by atoms with Crippen LogP contribution in [0.4, 0.5) is 18.3 Å². The van der Waals surface area contributed by atoms with Crippen LogP contribution in [0, 0.1) is 6.92 Å². The average Bonchev–Trinajstić information content (AvgIpc) is 3.27. The smallest absolute Gasteiger partial charge is 0.416 e. The number of carboxylic acids is 1. The Hall–Kier alpha value is -3.27. The third-order valence-corrected chi connectivity index (χ3v) is 6.37. The van der Waals surface area contributed by atoms with E-state index in [1.54, 1.807) is 18.2 Å². The van der Waals surface area contributed by atoms with Crippen molar-refractivity contribution in [3.63, 3.8) is 0 Å². The molecule has 0 fully saturated rings. The van der Waals surface area contributed by atoms with Gasteiger partial charge in [-0.3, -0.25) is 0 Å². The summed E-state index contributed by atoms with van der Waals surface area (Å²) in [6, 6.07) is 10.3. The first-order chi connectivity index (χ1) is 16.8. The van der Waals surface area contributed by atoms with Crippen molar-refractivity contribution < 1.29 is 32.5 Å². The van der Waals surface area contributed by atoms with Gasteiger partial charge in [-0.15, -0.1) is 11.3 Å². The van der Waals surface area contributed by atoms with Gasteiger partial charge < -0.3 is 19.5 Å². The molecule has 0 spiro atoms. The number of aliphatic carboxylic acids is 1. The van der Waals surface area contributed by atoms with Gasteiger partial charge in [-0.2, -0.15) is 13.2 Å². The number of nitrogens with zero attached hydrogens (tertiary/aromatic N) is 2. The first-order valence-corrected chi connectivity index (χ1v) is 12.2. The summed E-state index contributed by atoms with van der Waals surface area (Å²) >= 11 is 1.42. The number of aromatic nitrogens is 1. The lowest BCUT2D eigenvalue weighted by atomic mass is 10.1. The molecule has 0 saturated heterocycles. The lowest BCUT2D eigenvalue weighted by Gasteiger charge is -2.26. The van der Waals surface area contributed by atoms with E-state index in [-0.39, 0.29) is 6.04 Å². The maximum atomic E-state index is 12.8. The molecule has 0 saturated carbocycles. The zero-order chi connectivity index (χ0) is 26.7. The molecule has 1 heterocycles. The van der Waals surface area contributed by atoms with E-state index in [4.69, 9.17) is 9.47 Å². The molecule has 3 aromatic rings. The predicted molar refractivity (Wildman–Crippen MR) is 134 cm³/mol. The Morgan fingerprint density at radius 3 is 2.36 bits per heavy atom. The third kappa shape index (κ3) is 6.69. The molecule has 1 N–H and O–H groups in total. The molecule has 0 aliphatic rings. The summed E-state index contributed by atoms with van der Waals surface area (Å²) in [4.78, 5) is 18.0. The molecular weight excluding hydrogens is 493 g/mol. The highest BCUT2D eigenvalue weighted by Crippen LogP contribution is 2.33. The van der Waals surface area contributed by atoms with Crippen molar-refractivity contribution in [2.24, 2.45) is 0 Å². The van der Waals surface area contributed by atoms with Crippen LogP contribution in [0.3, 0.4) is 0 Å². The molecule has 0 radical (unpaired) electrons. The quantitative estimate of drug-likeness (QED) is 0.321. The summed E-state index contributed by atoms with van der Waals surface area (Å²) in [6.45, 7) is 9.76. The largest absolute Gasteiger partial charge is 0.492 e. The van der Waals surface area contributed by atoms with Gasteiger partial charge in [0.1, 0.15) is 18.1 Å². The fourth-order valence-corrected chi connectivity index (χ4v) is 4.33. The van der Waals surface area contributed by atoms with Gasteiger partial charge in [0.15, 0.2) is 10.7 Å². The number of hydrogen-bond donors (Lipinski definition) is 1. The number of alkyl halides is 3. The van der Waals surface area contributed by atoms with Crippen molar-refractivity contribution >= 4 is 22.4 Å². The summed E-state index contributed by atoms with van der Waals surface area (Å²) in [5.74, 6) is 0.0399. The molecule has 1 aromatic heterocycles. The topological polar surface area (TPSA) is 71.9 Å². The maximum absolute atomic E-state index is 12.8. The second kappa shape index (κ2) is 10.8. The van der Waals surface area contributed by atoms with E-state index in [1.165, 1.54) is 37.3 Å². The number of thiazole rings is 1. The summed E-state index contributed by atoms with van der Waals surface area (Å²) < 4.78 is 50.0. The van der Waals surface area contributed by atoms with Gasteiger partial charge in [0, 0.05) is 17.0 Å². The average molecular weight is 523 g/mol. The highest BCUT2D eigenvalue weighted by Gasteiger charge is 2.31.